The minimum Gasteiger partial charge on any atom is -0.358 e. The van der Waals surface area contributed by atoms with Crippen molar-refractivity contribution in [2.24, 2.45) is 0 Å². The number of hydrogen-bond acceptors (Lipinski definition) is 1. The normalized spacial score (nSPS) is 10.2. The van der Waals surface area contributed by atoms with Crippen molar-refractivity contribution < 1.29 is 4.39 Å². The van der Waals surface area contributed by atoms with E-state index in [1.807, 2.05) is 36.2 Å². The third kappa shape index (κ3) is 4.99. The zero-order valence-electron chi connectivity index (χ0n) is 11.6. The zero-order valence-corrected chi connectivity index (χ0v) is 13.2. The Balaban J connectivity index is 1.84. The molecule has 110 valence electrons. The van der Waals surface area contributed by atoms with E-state index in [-0.39, 0.29) is 5.82 Å². The van der Waals surface area contributed by atoms with Crippen LogP contribution >= 0.6 is 23.8 Å². The van der Waals surface area contributed by atoms with Crippen LogP contribution in [0.4, 0.5) is 4.39 Å². The Morgan fingerprint density at radius 3 is 2.29 bits per heavy atom. The number of thiocarbonyl (C=S) groups is 1. The SMILES string of the molecule is CN(Cc1ccc(Cl)cc1)C(=S)NCc1ccc(F)cc1. The smallest absolute Gasteiger partial charge is 0.169 e. The molecule has 2 rings (SSSR count). The summed E-state index contributed by atoms with van der Waals surface area (Å²) in [6, 6.07) is 14.0. The quantitative estimate of drug-likeness (QED) is 0.857. The average molecular weight is 323 g/mol. The van der Waals surface area contributed by atoms with Crippen LogP contribution < -0.4 is 5.32 Å². The second-order valence-electron chi connectivity index (χ2n) is 4.77. The summed E-state index contributed by atoms with van der Waals surface area (Å²) in [7, 11) is 1.93. The van der Waals surface area contributed by atoms with Gasteiger partial charge in [0, 0.05) is 25.2 Å². The predicted molar refractivity (Wildman–Crippen MR) is 88.8 cm³/mol. The van der Waals surface area contributed by atoms with Crippen LogP contribution in [-0.4, -0.2) is 17.1 Å². The summed E-state index contributed by atoms with van der Waals surface area (Å²) >= 11 is 11.2. The van der Waals surface area contributed by atoms with Crippen LogP contribution in [-0.2, 0) is 13.1 Å². The first-order valence-electron chi connectivity index (χ1n) is 6.52. The largest absolute Gasteiger partial charge is 0.358 e. The number of rotatable bonds is 4. The molecule has 0 radical (unpaired) electrons. The van der Waals surface area contributed by atoms with Crippen molar-refractivity contribution >= 4 is 28.9 Å². The fraction of sp³-hybridized carbons (Fsp3) is 0.188. The van der Waals surface area contributed by atoms with Crippen LogP contribution in [0, 0.1) is 5.82 Å². The Bertz CT molecular complexity index is 599. The van der Waals surface area contributed by atoms with Crippen molar-refractivity contribution in [3.05, 3.63) is 70.5 Å². The second-order valence-corrected chi connectivity index (χ2v) is 5.59. The molecule has 0 bridgehead atoms. The highest BCUT2D eigenvalue weighted by Crippen LogP contribution is 2.11. The van der Waals surface area contributed by atoms with Crippen molar-refractivity contribution in [3.8, 4) is 0 Å². The highest BCUT2D eigenvalue weighted by molar-refractivity contribution is 7.80. The van der Waals surface area contributed by atoms with Crippen LogP contribution in [0.1, 0.15) is 11.1 Å². The molecule has 0 heterocycles. The summed E-state index contributed by atoms with van der Waals surface area (Å²) < 4.78 is 12.8. The van der Waals surface area contributed by atoms with Crippen molar-refractivity contribution in [1.29, 1.82) is 0 Å². The van der Waals surface area contributed by atoms with Crippen molar-refractivity contribution in [2.75, 3.05) is 7.05 Å². The van der Waals surface area contributed by atoms with Gasteiger partial charge >= 0.3 is 0 Å². The molecule has 0 aliphatic heterocycles. The van der Waals surface area contributed by atoms with Gasteiger partial charge in [-0.1, -0.05) is 35.9 Å². The van der Waals surface area contributed by atoms with Crippen LogP contribution in [0.25, 0.3) is 0 Å². The molecule has 1 N–H and O–H groups in total. The first-order valence-corrected chi connectivity index (χ1v) is 7.31. The Labute approximate surface area is 134 Å². The van der Waals surface area contributed by atoms with Crippen LogP contribution in [0.5, 0.6) is 0 Å². The molecule has 0 spiro atoms. The monoisotopic (exact) mass is 322 g/mol. The molecule has 0 aliphatic rings. The zero-order chi connectivity index (χ0) is 15.2. The molecule has 0 unspecified atom stereocenters. The van der Waals surface area contributed by atoms with E-state index in [0.29, 0.717) is 18.2 Å². The van der Waals surface area contributed by atoms with E-state index in [2.05, 4.69) is 5.32 Å². The van der Waals surface area contributed by atoms with Crippen LogP contribution in [0.3, 0.4) is 0 Å². The summed E-state index contributed by atoms with van der Waals surface area (Å²) in [5, 5.41) is 4.53. The van der Waals surface area contributed by atoms with Gasteiger partial charge in [0.25, 0.3) is 0 Å². The topological polar surface area (TPSA) is 15.3 Å². The molecule has 0 saturated heterocycles. The molecule has 2 aromatic carbocycles. The number of benzene rings is 2. The predicted octanol–water partition coefficient (Wildman–Crippen LogP) is 3.99. The summed E-state index contributed by atoms with van der Waals surface area (Å²) in [4.78, 5) is 1.95. The highest BCUT2D eigenvalue weighted by atomic mass is 35.5. The Kier molecular flexibility index (Phi) is 5.53. The standard InChI is InChI=1S/C16H16ClFN2S/c1-20(11-13-2-6-14(17)7-3-13)16(21)19-10-12-4-8-15(18)9-5-12/h2-9H,10-11H2,1H3,(H,19,21). The molecule has 0 aliphatic carbocycles. The van der Waals surface area contributed by atoms with Gasteiger partial charge in [-0.3, -0.25) is 0 Å². The van der Waals surface area contributed by atoms with E-state index in [9.17, 15) is 4.39 Å². The molecule has 0 saturated carbocycles. The molecular formula is C16H16ClFN2S. The van der Waals surface area contributed by atoms with E-state index in [1.54, 1.807) is 12.1 Å². The third-order valence-corrected chi connectivity index (χ3v) is 3.74. The number of hydrogen-bond donors (Lipinski definition) is 1. The first-order chi connectivity index (χ1) is 10.0. The van der Waals surface area contributed by atoms with E-state index < -0.39 is 0 Å². The fourth-order valence-electron chi connectivity index (χ4n) is 1.85. The van der Waals surface area contributed by atoms with Gasteiger partial charge < -0.3 is 10.2 Å². The molecule has 2 aromatic rings. The third-order valence-electron chi connectivity index (χ3n) is 3.04. The average Bonchev–Trinajstić information content (AvgIpc) is 2.48. The summed E-state index contributed by atoms with van der Waals surface area (Å²) in [6.45, 7) is 1.27. The Morgan fingerprint density at radius 1 is 1.10 bits per heavy atom. The molecule has 0 atom stereocenters. The molecule has 0 fully saturated rings. The molecule has 0 aromatic heterocycles. The van der Waals surface area contributed by atoms with Gasteiger partial charge in [0.15, 0.2) is 5.11 Å². The lowest BCUT2D eigenvalue weighted by Crippen LogP contribution is -2.36. The molecule has 2 nitrogen and oxygen atoms in total. The number of nitrogens with one attached hydrogen (secondary N) is 1. The lowest BCUT2D eigenvalue weighted by Gasteiger charge is -2.21. The van der Waals surface area contributed by atoms with Gasteiger partial charge in [-0.15, -0.1) is 0 Å². The molecule has 21 heavy (non-hydrogen) atoms. The van der Waals surface area contributed by atoms with Crippen molar-refractivity contribution in [2.45, 2.75) is 13.1 Å². The van der Waals surface area contributed by atoms with Gasteiger partial charge in [-0.2, -0.15) is 0 Å². The van der Waals surface area contributed by atoms with E-state index in [0.717, 1.165) is 16.1 Å². The van der Waals surface area contributed by atoms with Gasteiger partial charge in [0.1, 0.15) is 5.82 Å². The van der Waals surface area contributed by atoms with Crippen LogP contribution in [0.15, 0.2) is 48.5 Å². The van der Waals surface area contributed by atoms with Crippen molar-refractivity contribution in [3.63, 3.8) is 0 Å². The fourth-order valence-corrected chi connectivity index (χ4v) is 2.11. The maximum Gasteiger partial charge on any atom is 0.169 e. The lowest BCUT2D eigenvalue weighted by molar-refractivity contribution is 0.489. The summed E-state index contributed by atoms with van der Waals surface area (Å²) in [5.41, 5.74) is 2.12. The Morgan fingerprint density at radius 2 is 1.67 bits per heavy atom. The maximum absolute atomic E-state index is 12.8. The number of nitrogens with zero attached hydrogens (tertiary/aromatic N) is 1. The highest BCUT2D eigenvalue weighted by Gasteiger charge is 2.05. The molecule has 5 heteroatoms. The van der Waals surface area contributed by atoms with E-state index in [4.69, 9.17) is 23.8 Å². The van der Waals surface area contributed by atoms with E-state index >= 15 is 0 Å². The number of halogens is 2. The molecular weight excluding hydrogens is 307 g/mol. The minimum atomic E-state index is -0.235. The van der Waals surface area contributed by atoms with Gasteiger partial charge in [0.05, 0.1) is 0 Å². The van der Waals surface area contributed by atoms with E-state index in [1.165, 1.54) is 12.1 Å². The van der Waals surface area contributed by atoms with Gasteiger partial charge in [-0.05, 0) is 47.6 Å². The molecule has 0 amide bonds. The van der Waals surface area contributed by atoms with Crippen molar-refractivity contribution in [1.82, 2.24) is 10.2 Å². The lowest BCUT2D eigenvalue weighted by atomic mass is 10.2. The van der Waals surface area contributed by atoms with Gasteiger partial charge in [-0.25, -0.2) is 4.39 Å². The first kappa shape index (κ1) is 15.7. The maximum atomic E-state index is 12.8. The van der Waals surface area contributed by atoms with Gasteiger partial charge in [0.2, 0.25) is 0 Å². The second kappa shape index (κ2) is 7.38. The summed E-state index contributed by atoms with van der Waals surface area (Å²) in [5.74, 6) is -0.235. The summed E-state index contributed by atoms with van der Waals surface area (Å²) in [6.07, 6.45) is 0. The van der Waals surface area contributed by atoms with Crippen LogP contribution in [0.2, 0.25) is 5.02 Å². The Hall–Kier alpha value is -1.65. The minimum absolute atomic E-state index is 0.235.